The van der Waals surface area contributed by atoms with Crippen molar-refractivity contribution < 1.29 is 23.5 Å². The van der Waals surface area contributed by atoms with Crippen molar-refractivity contribution in [2.45, 2.75) is 29.2 Å². The van der Waals surface area contributed by atoms with Crippen molar-refractivity contribution in [3.8, 4) is 5.75 Å². The number of rotatable bonds is 7. The van der Waals surface area contributed by atoms with Crippen LogP contribution in [-0.4, -0.2) is 31.6 Å². The zero-order valence-electron chi connectivity index (χ0n) is 21.5. The van der Waals surface area contributed by atoms with Crippen LogP contribution in [0.2, 0.25) is 0 Å². The van der Waals surface area contributed by atoms with Crippen molar-refractivity contribution in [3.05, 3.63) is 84.9 Å². The van der Waals surface area contributed by atoms with Crippen LogP contribution in [-0.2, 0) is 14.3 Å². The number of anilines is 3. The highest BCUT2D eigenvalue weighted by atomic mass is 32.2. The summed E-state index contributed by atoms with van der Waals surface area (Å²) in [5.41, 5.74) is 3.91. The van der Waals surface area contributed by atoms with E-state index in [0.29, 0.717) is 23.6 Å². The molecule has 0 spiro atoms. The average molecular weight is 539 g/mol. The van der Waals surface area contributed by atoms with Crippen molar-refractivity contribution >= 4 is 62.6 Å². The third kappa shape index (κ3) is 4.79. The minimum Gasteiger partial charge on any atom is -0.495 e. The fraction of sp³-hybridized carbons (Fsp3) is 0.161. The second kappa shape index (κ2) is 10.4. The maximum absolute atomic E-state index is 13.0. The van der Waals surface area contributed by atoms with Crippen LogP contribution < -0.4 is 15.0 Å². The van der Waals surface area contributed by atoms with Crippen LogP contribution in [0, 0.1) is 0 Å². The Morgan fingerprint density at radius 3 is 2.28 bits per heavy atom. The Bertz CT molecular complexity index is 1670. The summed E-state index contributed by atoms with van der Waals surface area (Å²) < 4.78 is 17.0. The SMILES string of the molecule is COc1cc2c(cc1NC(=O)[C@@H](C)OC(=O)CCN1c3ccccc3Sc3ccccc31)oc1ccccc12. The van der Waals surface area contributed by atoms with E-state index in [9.17, 15) is 9.59 Å². The largest absolute Gasteiger partial charge is 0.495 e. The Hall–Kier alpha value is -4.43. The molecule has 0 unspecified atom stereocenters. The maximum atomic E-state index is 13.0. The zero-order chi connectivity index (χ0) is 26.9. The molecule has 1 aromatic heterocycles. The fourth-order valence-electron chi connectivity index (χ4n) is 4.79. The first kappa shape index (κ1) is 24.9. The molecular formula is C31H26N2O5S. The van der Waals surface area contributed by atoms with E-state index in [0.717, 1.165) is 37.5 Å². The number of ether oxygens (including phenoxy) is 2. The molecule has 5 aromatic rings. The second-order valence-corrected chi connectivity index (χ2v) is 10.3. The summed E-state index contributed by atoms with van der Waals surface area (Å²) in [4.78, 5) is 30.2. The van der Waals surface area contributed by atoms with Crippen LogP contribution in [0.1, 0.15) is 13.3 Å². The van der Waals surface area contributed by atoms with Gasteiger partial charge in [-0.05, 0) is 43.3 Å². The van der Waals surface area contributed by atoms with Gasteiger partial charge in [0.1, 0.15) is 16.9 Å². The number of carbonyl (C=O) groups is 2. The van der Waals surface area contributed by atoms with E-state index in [2.05, 4.69) is 22.3 Å². The van der Waals surface area contributed by atoms with Gasteiger partial charge in [0.25, 0.3) is 5.91 Å². The molecule has 2 heterocycles. The van der Waals surface area contributed by atoms with Crippen molar-refractivity contribution in [2.75, 3.05) is 23.9 Å². The third-order valence-electron chi connectivity index (χ3n) is 6.71. The molecule has 0 aliphatic carbocycles. The highest BCUT2D eigenvalue weighted by molar-refractivity contribution is 7.99. The van der Waals surface area contributed by atoms with Gasteiger partial charge in [0.05, 0.1) is 30.6 Å². The highest BCUT2D eigenvalue weighted by Gasteiger charge is 2.25. The number of hydrogen-bond donors (Lipinski definition) is 1. The summed E-state index contributed by atoms with van der Waals surface area (Å²) in [6.45, 7) is 1.99. The van der Waals surface area contributed by atoms with Gasteiger partial charge in [0, 0.05) is 33.2 Å². The number of hydrogen-bond acceptors (Lipinski definition) is 7. The molecule has 1 N–H and O–H groups in total. The lowest BCUT2D eigenvalue weighted by atomic mass is 10.1. The Morgan fingerprint density at radius 1 is 0.897 bits per heavy atom. The molecule has 196 valence electrons. The quantitative estimate of drug-likeness (QED) is 0.220. The fourth-order valence-corrected chi connectivity index (χ4v) is 5.88. The summed E-state index contributed by atoms with van der Waals surface area (Å²) in [6, 6.07) is 27.5. The topological polar surface area (TPSA) is 81.0 Å². The van der Waals surface area contributed by atoms with Crippen LogP contribution in [0.3, 0.4) is 0 Å². The number of benzene rings is 4. The Kier molecular flexibility index (Phi) is 6.62. The molecule has 4 aromatic carbocycles. The Morgan fingerprint density at radius 2 is 1.56 bits per heavy atom. The molecule has 1 amide bonds. The molecule has 39 heavy (non-hydrogen) atoms. The van der Waals surface area contributed by atoms with Gasteiger partial charge in [-0.1, -0.05) is 54.2 Å². The number of carbonyl (C=O) groups excluding carboxylic acids is 2. The van der Waals surface area contributed by atoms with Crippen LogP contribution in [0.5, 0.6) is 5.75 Å². The molecule has 6 rings (SSSR count). The summed E-state index contributed by atoms with van der Waals surface area (Å²) >= 11 is 1.71. The van der Waals surface area contributed by atoms with Crippen molar-refractivity contribution in [2.24, 2.45) is 0 Å². The summed E-state index contributed by atoms with van der Waals surface area (Å²) in [6.07, 6.45) is -0.871. The number of nitrogens with one attached hydrogen (secondary N) is 1. The molecule has 0 bridgehead atoms. The van der Waals surface area contributed by atoms with Gasteiger partial charge < -0.3 is 24.1 Å². The molecule has 1 aliphatic heterocycles. The van der Waals surface area contributed by atoms with Crippen molar-refractivity contribution in [1.82, 2.24) is 0 Å². The molecule has 8 heteroatoms. The number of fused-ring (bicyclic) bond motifs is 5. The minimum atomic E-state index is -0.995. The van der Waals surface area contributed by atoms with E-state index in [1.807, 2.05) is 66.7 Å². The molecular weight excluding hydrogens is 512 g/mol. The number of para-hydroxylation sites is 3. The number of methoxy groups -OCH3 is 1. The smallest absolute Gasteiger partial charge is 0.308 e. The van der Waals surface area contributed by atoms with Gasteiger partial charge in [-0.15, -0.1) is 0 Å². The van der Waals surface area contributed by atoms with Gasteiger partial charge >= 0.3 is 5.97 Å². The monoisotopic (exact) mass is 538 g/mol. The second-order valence-electron chi connectivity index (χ2n) is 9.21. The number of furan rings is 1. The van der Waals surface area contributed by atoms with E-state index in [4.69, 9.17) is 13.9 Å². The third-order valence-corrected chi connectivity index (χ3v) is 7.84. The summed E-state index contributed by atoms with van der Waals surface area (Å²) in [5.74, 6) is -0.422. The van der Waals surface area contributed by atoms with E-state index in [1.54, 1.807) is 24.8 Å². The van der Waals surface area contributed by atoms with Gasteiger partial charge in [-0.3, -0.25) is 9.59 Å². The normalized spacial score (nSPS) is 13.0. The number of nitrogens with zero attached hydrogens (tertiary/aromatic N) is 1. The van der Waals surface area contributed by atoms with Gasteiger partial charge in [0.15, 0.2) is 6.10 Å². The predicted molar refractivity (Wildman–Crippen MR) is 153 cm³/mol. The van der Waals surface area contributed by atoms with Crippen molar-refractivity contribution in [1.29, 1.82) is 0 Å². The molecule has 7 nitrogen and oxygen atoms in total. The Balaban J connectivity index is 1.13. The first-order chi connectivity index (χ1) is 19.0. The summed E-state index contributed by atoms with van der Waals surface area (Å²) in [7, 11) is 1.54. The molecule has 1 atom stereocenters. The predicted octanol–water partition coefficient (Wildman–Crippen LogP) is 7.16. The highest BCUT2D eigenvalue weighted by Crippen LogP contribution is 2.47. The minimum absolute atomic E-state index is 0.124. The van der Waals surface area contributed by atoms with E-state index >= 15 is 0 Å². The lowest BCUT2D eigenvalue weighted by Crippen LogP contribution is -2.31. The first-order valence-corrected chi connectivity index (χ1v) is 13.5. The van der Waals surface area contributed by atoms with Crippen LogP contribution in [0.4, 0.5) is 17.1 Å². The van der Waals surface area contributed by atoms with Gasteiger partial charge in [0.2, 0.25) is 0 Å². The maximum Gasteiger partial charge on any atom is 0.308 e. The molecule has 0 fully saturated rings. The molecule has 1 aliphatic rings. The number of esters is 1. The standard InChI is InChI=1S/C31H26N2O5S/c1-19(31(35)32-22-18-26-21(17-27(22)36-2)20-9-3-6-12-25(20)38-26)37-30(34)15-16-33-23-10-4-7-13-28(23)39-29-14-8-5-11-24(29)33/h3-14,17-19H,15-16H2,1-2H3,(H,32,35)/t19-/m1/s1. The van der Waals surface area contributed by atoms with Crippen LogP contribution >= 0.6 is 11.8 Å². The molecule has 0 saturated heterocycles. The van der Waals surface area contributed by atoms with E-state index in [-0.39, 0.29) is 6.42 Å². The summed E-state index contributed by atoms with van der Waals surface area (Å²) in [5, 5.41) is 4.67. The van der Waals surface area contributed by atoms with E-state index in [1.165, 1.54) is 7.11 Å². The van der Waals surface area contributed by atoms with Crippen LogP contribution in [0.15, 0.2) is 99.1 Å². The lowest BCUT2D eigenvalue weighted by Gasteiger charge is -2.32. The van der Waals surface area contributed by atoms with Gasteiger partial charge in [-0.2, -0.15) is 0 Å². The van der Waals surface area contributed by atoms with Gasteiger partial charge in [-0.25, -0.2) is 0 Å². The molecule has 0 radical (unpaired) electrons. The van der Waals surface area contributed by atoms with Crippen molar-refractivity contribution in [3.63, 3.8) is 0 Å². The zero-order valence-corrected chi connectivity index (χ0v) is 22.3. The number of amides is 1. The van der Waals surface area contributed by atoms with E-state index < -0.39 is 18.0 Å². The average Bonchev–Trinajstić information content (AvgIpc) is 3.32. The van der Waals surface area contributed by atoms with Crippen LogP contribution in [0.25, 0.3) is 21.9 Å². The Labute approximate surface area is 229 Å². The first-order valence-electron chi connectivity index (χ1n) is 12.6. The lowest BCUT2D eigenvalue weighted by molar-refractivity contribution is -0.152. The molecule has 0 saturated carbocycles.